The summed E-state index contributed by atoms with van der Waals surface area (Å²) in [6, 6.07) is 6.11. The second kappa shape index (κ2) is 7.83. The molecule has 2 aromatic rings. The number of nitrogens with zero attached hydrogens (tertiary/aromatic N) is 2. The van der Waals surface area contributed by atoms with Crippen molar-refractivity contribution in [1.29, 1.82) is 0 Å². The third kappa shape index (κ3) is 3.76. The molecule has 0 atom stereocenters. The number of aryl methyl sites for hydroxylation is 2. The van der Waals surface area contributed by atoms with Gasteiger partial charge in [0.05, 0.1) is 12.1 Å². The van der Waals surface area contributed by atoms with E-state index in [1.807, 2.05) is 13.0 Å². The van der Waals surface area contributed by atoms with Crippen molar-refractivity contribution in [3.8, 4) is 0 Å². The lowest BCUT2D eigenvalue weighted by Gasteiger charge is -2.31. The van der Waals surface area contributed by atoms with Crippen molar-refractivity contribution in [3.63, 3.8) is 0 Å². The smallest absolute Gasteiger partial charge is 0.357 e. The maximum Gasteiger partial charge on any atom is 0.357 e. The van der Waals surface area contributed by atoms with Crippen LogP contribution in [-0.2, 0) is 4.74 Å². The fourth-order valence-electron chi connectivity index (χ4n) is 3.26. The van der Waals surface area contributed by atoms with Crippen LogP contribution in [0, 0.1) is 13.8 Å². The number of rotatable bonds is 5. The molecule has 5 heteroatoms. The largest absolute Gasteiger partial charge is 0.461 e. The van der Waals surface area contributed by atoms with Crippen LogP contribution in [0.1, 0.15) is 41.4 Å². The quantitative estimate of drug-likeness (QED) is 0.668. The highest BCUT2D eigenvalue weighted by Crippen LogP contribution is 2.32. The van der Waals surface area contributed by atoms with Gasteiger partial charge in [0.25, 0.3) is 0 Å². The van der Waals surface area contributed by atoms with E-state index in [-0.39, 0.29) is 5.97 Å². The van der Waals surface area contributed by atoms with Crippen LogP contribution >= 0.6 is 0 Å². The number of nitrogens with one attached hydrogen (secondary N) is 1. The Bertz CT molecular complexity index is 767. The van der Waals surface area contributed by atoms with Gasteiger partial charge in [0.1, 0.15) is 0 Å². The molecule has 134 valence electrons. The van der Waals surface area contributed by atoms with Gasteiger partial charge in [-0.3, -0.25) is 0 Å². The van der Waals surface area contributed by atoms with Crippen LogP contribution < -0.4 is 10.2 Å². The van der Waals surface area contributed by atoms with Gasteiger partial charge in [-0.15, -0.1) is 0 Å². The Labute approximate surface area is 149 Å². The molecule has 1 aromatic heterocycles. The maximum absolute atomic E-state index is 12.5. The van der Waals surface area contributed by atoms with Gasteiger partial charge in [0, 0.05) is 37.3 Å². The van der Waals surface area contributed by atoms with Gasteiger partial charge >= 0.3 is 5.97 Å². The van der Waals surface area contributed by atoms with E-state index in [4.69, 9.17) is 4.74 Å². The van der Waals surface area contributed by atoms with Crippen LogP contribution in [0.3, 0.4) is 0 Å². The van der Waals surface area contributed by atoms with Crippen LogP contribution in [0.2, 0.25) is 0 Å². The summed E-state index contributed by atoms with van der Waals surface area (Å²) in [7, 11) is 0. The van der Waals surface area contributed by atoms with Gasteiger partial charge in [-0.05, 0) is 37.5 Å². The molecule has 0 aliphatic carbocycles. The van der Waals surface area contributed by atoms with Crippen molar-refractivity contribution in [2.24, 2.45) is 0 Å². The molecule has 1 fully saturated rings. The number of pyridine rings is 1. The van der Waals surface area contributed by atoms with Crippen LogP contribution in [0.4, 0.5) is 5.69 Å². The number of carbonyl (C=O) groups is 1. The molecule has 0 saturated carbocycles. The number of hydrogen-bond acceptors (Lipinski definition) is 5. The first-order valence-corrected chi connectivity index (χ1v) is 9.15. The van der Waals surface area contributed by atoms with E-state index in [1.54, 1.807) is 0 Å². The number of piperazine rings is 1. The van der Waals surface area contributed by atoms with Gasteiger partial charge in [0.15, 0.2) is 5.69 Å². The number of hydrogen-bond donors (Lipinski definition) is 1. The number of anilines is 1. The maximum atomic E-state index is 12.5. The Morgan fingerprint density at radius 3 is 2.68 bits per heavy atom. The Morgan fingerprint density at radius 2 is 1.96 bits per heavy atom. The van der Waals surface area contributed by atoms with E-state index >= 15 is 0 Å². The van der Waals surface area contributed by atoms with Crippen LogP contribution in [0.15, 0.2) is 18.2 Å². The zero-order valence-corrected chi connectivity index (χ0v) is 15.4. The summed E-state index contributed by atoms with van der Waals surface area (Å²) in [5.41, 5.74) is 4.67. The Hall–Kier alpha value is -2.14. The minimum Gasteiger partial charge on any atom is -0.461 e. The first-order chi connectivity index (χ1) is 12.1. The van der Waals surface area contributed by atoms with E-state index in [2.05, 4.69) is 41.2 Å². The number of fused-ring (bicyclic) bond motifs is 1. The Kier molecular flexibility index (Phi) is 5.53. The number of ether oxygens (including phenoxy) is 1. The predicted octanol–water partition coefficient (Wildman–Crippen LogP) is 3.22. The van der Waals surface area contributed by atoms with Crippen molar-refractivity contribution < 1.29 is 9.53 Å². The second-order valence-electron chi connectivity index (χ2n) is 6.68. The van der Waals surface area contributed by atoms with Crippen LogP contribution in [0.25, 0.3) is 10.9 Å². The molecule has 0 bridgehead atoms. The predicted molar refractivity (Wildman–Crippen MR) is 101 cm³/mol. The summed E-state index contributed by atoms with van der Waals surface area (Å²) in [6.07, 6.45) is 1.88. The minimum absolute atomic E-state index is 0.326. The average molecular weight is 341 g/mol. The standard InChI is InChI=1S/C20H27N3O2/c1-4-5-12-25-20(24)16-13-17(23-10-8-21-9-11-23)18-14(2)6-7-15(3)19(18)22-16/h6-7,13,21H,4-5,8-12H2,1-3H3. The minimum atomic E-state index is -0.326. The van der Waals surface area contributed by atoms with Crippen molar-refractivity contribution in [3.05, 3.63) is 35.0 Å². The highest BCUT2D eigenvalue weighted by molar-refractivity contribution is 6.00. The molecular weight excluding hydrogens is 314 g/mol. The monoisotopic (exact) mass is 341 g/mol. The topological polar surface area (TPSA) is 54.5 Å². The SMILES string of the molecule is CCCCOC(=O)c1cc(N2CCNCC2)c2c(C)ccc(C)c2n1. The average Bonchev–Trinajstić information content (AvgIpc) is 2.65. The second-order valence-corrected chi connectivity index (χ2v) is 6.68. The van der Waals surface area contributed by atoms with Gasteiger partial charge in [-0.1, -0.05) is 25.5 Å². The lowest BCUT2D eigenvalue weighted by atomic mass is 10.0. The summed E-state index contributed by atoms with van der Waals surface area (Å²) in [6.45, 7) is 10.4. The van der Waals surface area contributed by atoms with E-state index in [9.17, 15) is 4.79 Å². The zero-order chi connectivity index (χ0) is 17.8. The molecule has 1 N–H and O–H groups in total. The van der Waals surface area contributed by atoms with Crippen LogP contribution in [-0.4, -0.2) is 43.7 Å². The van der Waals surface area contributed by atoms with Crippen molar-refractivity contribution in [2.45, 2.75) is 33.6 Å². The van der Waals surface area contributed by atoms with E-state index < -0.39 is 0 Å². The molecular formula is C20H27N3O2. The zero-order valence-electron chi connectivity index (χ0n) is 15.4. The molecule has 1 aliphatic rings. The molecule has 0 spiro atoms. The summed E-state index contributed by atoms with van der Waals surface area (Å²) in [4.78, 5) is 19.5. The summed E-state index contributed by atoms with van der Waals surface area (Å²) >= 11 is 0. The first kappa shape index (κ1) is 17.7. The van der Waals surface area contributed by atoms with E-state index in [0.29, 0.717) is 12.3 Å². The third-order valence-electron chi connectivity index (χ3n) is 4.75. The molecule has 0 unspecified atom stereocenters. The summed E-state index contributed by atoms with van der Waals surface area (Å²) < 4.78 is 5.40. The normalized spacial score (nSPS) is 14.8. The molecule has 1 aromatic carbocycles. The molecule has 0 radical (unpaired) electrons. The number of unbranched alkanes of at least 4 members (excludes halogenated alkanes) is 1. The number of aromatic nitrogens is 1. The number of esters is 1. The molecule has 5 nitrogen and oxygen atoms in total. The lowest BCUT2D eigenvalue weighted by Crippen LogP contribution is -2.43. The van der Waals surface area contributed by atoms with Gasteiger partial charge in [0.2, 0.25) is 0 Å². The highest BCUT2D eigenvalue weighted by Gasteiger charge is 2.20. The molecule has 25 heavy (non-hydrogen) atoms. The Morgan fingerprint density at radius 1 is 1.24 bits per heavy atom. The summed E-state index contributed by atoms with van der Waals surface area (Å²) in [5.74, 6) is -0.326. The van der Waals surface area contributed by atoms with Crippen molar-refractivity contribution in [1.82, 2.24) is 10.3 Å². The summed E-state index contributed by atoms with van der Waals surface area (Å²) in [5, 5.41) is 4.53. The van der Waals surface area contributed by atoms with Gasteiger partial charge in [-0.25, -0.2) is 9.78 Å². The molecule has 1 saturated heterocycles. The first-order valence-electron chi connectivity index (χ1n) is 9.15. The van der Waals surface area contributed by atoms with Gasteiger partial charge in [-0.2, -0.15) is 0 Å². The lowest BCUT2D eigenvalue weighted by molar-refractivity contribution is 0.0493. The van der Waals surface area contributed by atoms with Gasteiger partial charge < -0.3 is 15.0 Å². The van der Waals surface area contributed by atoms with Crippen LogP contribution in [0.5, 0.6) is 0 Å². The fraction of sp³-hybridized carbons (Fsp3) is 0.500. The highest BCUT2D eigenvalue weighted by atomic mass is 16.5. The molecule has 1 aliphatic heterocycles. The molecule has 2 heterocycles. The fourth-order valence-corrected chi connectivity index (χ4v) is 3.26. The van der Waals surface area contributed by atoms with E-state index in [1.165, 1.54) is 5.56 Å². The number of carbonyl (C=O) groups excluding carboxylic acids is 1. The van der Waals surface area contributed by atoms with Crippen molar-refractivity contribution in [2.75, 3.05) is 37.7 Å². The third-order valence-corrected chi connectivity index (χ3v) is 4.75. The molecule has 0 amide bonds. The molecule has 3 rings (SSSR count). The van der Waals surface area contributed by atoms with Crippen molar-refractivity contribution >= 4 is 22.6 Å². The van der Waals surface area contributed by atoms with E-state index in [0.717, 1.165) is 61.2 Å². The number of benzene rings is 1. The Balaban J connectivity index is 2.07.